The second-order valence-corrected chi connectivity index (χ2v) is 6.46. The minimum Gasteiger partial charge on any atom is -0.482 e. The largest absolute Gasteiger partial charge is 0.482 e. The van der Waals surface area contributed by atoms with Crippen LogP contribution >= 0.6 is 0 Å². The molecule has 0 amide bonds. The van der Waals surface area contributed by atoms with Gasteiger partial charge in [-0.1, -0.05) is 0 Å². The SMILES string of the molecule is CCOC(=O)COc1ccc2c(=O)c(Oc3ccc(C(=O)OC)cc3)c(C(F)(F)F)oc2c1. The first-order valence-corrected chi connectivity index (χ1v) is 9.46. The summed E-state index contributed by atoms with van der Waals surface area (Å²) < 4.78 is 65.5. The van der Waals surface area contributed by atoms with Crippen LogP contribution in [-0.2, 0) is 20.4 Å². The molecule has 3 aromatic rings. The summed E-state index contributed by atoms with van der Waals surface area (Å²) in [5.74, 6) is -4.17. The highest BCUT2D eigenvalue weighted by atomic mass is 19.4. The molecule has 3 rings (SSSR count). The third-order valence-electron chi connectivity index (χ3n) is 4.24. The quantitative estimate of drug-likeness (QED) is 0.474. The molecule has 0 bridgehead atoms. The van der Waals surface area contributed by atoms with Crippen LogP contribution in [0.15, 0.2) is 51.7 Å². The van der Waals surface area contributed by atoms with Crippen LogP contribution in [0.25, 0.3) is 11.0 Å². The third kappa shape index (κ3) is 5.43. The number of rotatable bonds is 7. The lowest BCUT2D eigenvalue weighted by atomic mass is 10.2. The van der Waals surface area contributed by atoms with Crippen molar-refractivity contribution in [2.24, 2.45) is 0 Å². The number of benzene rings is 2. The Bertz CT molecular complexity index is 1230. The Morgan fingerprint density at radius 3 is 2.30 bits per heavy atom. The predicted octanol–water partition coefficient (Wildman–Crippen LogP) is 4.33. The lowest BCUT2D eigenvalue weighted by Crippen LogP contribution is -2.16. The molecule has 11 heteroatoms. The minimum atomic E-state index is -5.06. The normalized spacial score (nSPS) is 11.2. The Morgan fingerprint density at radius 2 is 1.70 bits per heavy atom. The van der Waals surface area contributed by atoms with E-state index in [1.54, 1.807) is 6.92 Å². The highest BCUT2D eigenvalue weighted by Crippen LogP contribution is 2.38. The van der Waals surface area contributed by atoms with Crippen molar-refractivity contribution in [1.29, 1.82) is 0 Å². The van der Waals surface area contributed by atoms with Crippen molar-refractivity contribution >= 4 is 22.9 Å². The van der Waals surface area contributed by atoms with Crippen molar-refractivity contribution in [2.75, 3.05) is 20.3 Å². The molecule has 0 aliphatic carbocycles. The van der Waals surface area contributed by atoms with Gasteiger partial charge in [0.25, 0.3) is 5.76 Å². The Balaban J connectivity index is 1.99. The number of alkyl halides is 3. The molecule has 0 radical (unpaired) electrons. The van der Waals surface area contributed by atoms with E-state index >= 15 is 0 Å². The molecule has 0 aliphatic heterocycles. The molecule has 0 fully saturated rings. The molecule has 0 unspecified atom stereocenters. The number of hydrogen-bond acceptors (Lipinski definition) is 8. The van der Waals surface area contributed by atoms with Gasteiger partial charge in [-0.05, 0) is 43.3 Å². The number of carbonyl (C=O) groups excluding carboxylic acids is 2. The fraction of sp³-hybridized carbons (Fsp3) is 0.227. The van der Waals surface area contributed by atoms with Crippen molar-refractivity contribution in [1.82, 2.24) is 0 Å². The standard InChI is InChI=1S/C22H17F3O8/c1-3-30-17(26)11-31-14-8-9-15-16(10-14)33-20(22(23,24)25)19(18(15)27)32-13-6-4-12(5-7-13)21(28)29-2/h4-10H,3,11H2,1-2H3. The highest BCUT2D eigenvalue weighted by molar-refractivity contribution is 5.89. The molecular weight excluding hydrogens is 449 g/mol. The maximum absolute atomic E-state index is 13.6. The lowest BCUT2D eigenvalue weighted by Gasteiger charge is -2.14. The van der Waals surface area contributed by atoms with Gasteiger partial charge < -0.3 is 23.4 Å². The van der Waals surface area contributed by atoms with Crippen LogP contribution in [0.2, 0.25) is 0 Å². The summed E-state index contributed by atoms with van der Waals surface area (Å²) >= 11 is 0. The zero-order valence-electron chi connectivity index (χ0n) is 17.4. The van der Waals surface area contributed by atoms with Crippen LogP contribution < -0.4 is 14.9 Å². The summed E-state index contributed by atoms with van der Waals surface area (Å²) in [7, 11) is 1.18. The molecule has 8 nitrogen and oxygen atoms in total. The molecule has 0 aliphatic rings. The van der Waals surface area contributed by atoms with Gasteiger partial charge in [0.05, 0.1) is 24.7 Å². The van der Waals surface area contributed by atoms with E-state index < -0.39 is 47.2 Å². The molecule has 0 atom stereocenters. The van der Waals surface area contributed by atoms with E-state index in [1.165, 1.54) is 43.5 Å². The molecule has 2 aromatic carbocycles. The van der Waals surface area contributed by atoms with Crippen LogP contribution in [0.4, 0.5) is 13.2 Å². The predicted molar refractivity (Wildman–Crippen MR) is 107 cm³/mol. The number of ether oxygens (including phenoxy) is 4. The summed E-state index contributed by atoms with van der Waals surface area (Å²) in [6.07, 6.45) is -5.06. The summed E-state index contributed by atoms with van der Waals surface area (Å²) in [4.78, 5) is 35.7. The van der Waals surface area contributed by atoms with Crippen LogP contribution in [0.5, 0.6) is 17.2 Å². The average Bonchev–Trinajstić information content (AvgIpc) is 2.78. The fourth-order valence-corrected chi connectivity index (χ4v) is 2.77. The van der Waals surface area contributed by atoms with Gasteiger partial charge in [0.15, 0.2) is 6.61 Å². The van der Waals surface area contributed by atoms with Gasteiger partial charge in [0.1, 0.15) is 17.1 Å². The number of carbonyl (C=O) groups is 2. The molecule has 174 valence electrons. The first-order chi connectivity index (χ1) is 15.6. The summed E-state index contributed by atoms with van der Waals surface area (Å²) in [5.41, 5.74) is -1.35. The first kappa shape index (κ1) is 23.6. The highest BCUT2D eigenvalue weighted by Gasteiger charge is 2.40. The molecule has 0 N–H and O–H groups in total. The lowest BCUT2D eigenvalue weighted by molar-refractivity contribution is -0.154. The van der Waals surface area contributed by atoms with Crippen LogP contribution in [-0.4, -0.2) is 32.3 Å². The van der Waals surface area contributed by atoms with Gasteiger partial charge in [-0.3, -0.25) is 4.79 Å². The number of halogens is 3. The molecular formula is C22H17F3O8. The summed E-state index contributed by atoms with van der Waals surface area (Å²) in [6.45, 7) is 1.27. The molecule has 0 saturated heterocycles. The molecule has 33 heavy (non-hydrogen) atoms. The molecule has 0 spiro atoms. The van der Waals surface area contributed by atoms with E-state index in [2.05, 4.69) is 4.74 Å². The zero-order chi connectivity index (χ0) is 24.2. The van der Waals surface area contributed by atoms with Gasteiger partial charge in [0, 0.05) is 6.07 Å². The maximum atomic E-state index is 13.6. The molecule has 1 heterocycles. The third-order valence-corrected chi connectivity index (χ3v) is 4.24. The first-order valence-electron chi connectivity index (χ1n) is 9.46. The van der Waals surface area contributed by atoms with E-state index in [1.807, 2.05) is 0 Å². The van der Waals surface area contributed by atoms with Crippen LogP contribution in [0.3, 0.4) is 0 Å². The fourth-order valence-electron chi connectivity index (χ4n) is 2.77. The van der Waals surface area contributed by atoms with Gasteiger partial charge >= 0.3 is 18.1 Å². The van der Waals surface area contributed by atoms with Gasteiger partial charge in [-0.25, -0.2) is 9.59 Å². The zero-order valence-corrected chi connectivity index (χ0v) is 17.4. The second-order valence-electron chi connectivity index (χ2n) is 6.46. The monoisotopic (exact) mass is 466 g/mol. The van der Waals surface area contributed by atoms with Crippen molar-refractivity contribution in [3.05, 3.63) is 64.0 Å². The number of hydrogen-bond donors (Lipinski definition) is 0. The number of methoxy groups -OCH3 is 1. The van der Waals surface area contributed by atoms with E-state index in [4.69, 9.17) is 18.6 Å². The Morgan fingerprint density at radius 1 is 1.03 bits per heavy atom. The minimum absolute atomic E-state index is 0.00102. The smallest absolute Gasteiger partial charge is 0.453 e. The van der Waals surface area contributed by atoms with E-state index in [-0.39, 0.29) is 29.1 Å². The van der Waals surface area contributed by atoms with E-state index in [9.17, 15) is 27.6 Å². The Labute approximate surface area is 184 Å². The summed E-state index contributed by atoms with van der Waals surface area (Å²) in [5, 5.41) is -0.201. The van der Waals surface area contributed by atoms with Gasteiger partial charge in [0.2, 0.25) is 11.2 Å². The molecule has 1 aromatic heterocycles. The Kier molecular flexibility index (Phi) is 6.90. The maximum Gasteiger partial charge on any atom is 0.453 e. The van der Waals surface area contributed by atoms with E-state index in [0.29, 0.717) is 0 Å². The van der Waals surface area contributed by atoms with Gasteiger partial charge in [-0.2, -0.15) is 13.2 Å². The topological polar surface area (TPSA) is 101 Å². The van der Waals surface area contributed by atoms with Crippen molar-refractivity contribution < 1.29 is 46.1 Å². The van der Waals surface area contributed by atoms with Crippen molar-refractivity contribution in [3.8, 4) is 17.2 Å². The van der Waals surface area contributed by atoms with Crippen molar-refractivity contribution in [2.45, 2.75) is 13.1 Å². The summed E-state index contributed by atoms with van der Waals surface area (Å²) in [6, 6.07) is 8.50. The van der Waals surface area contributed by atoms with Crippen molar-refractivity contribution in [3.63, 3.8) is 0 Å². The molecule has 0 saturated carbocycles. The number of esters is 2. The Hall–Kier alpha value is -4.02. The van der Waals surface area contributed by atoms with E-state index in [0.717, 1.165) is 6.07 Å². The average molecular weight is 466 g/mol. The van der Waals surface area contributed by atoms with Crippen LogP contribution in [0.1, 0.15) is 23.0 Å². The van der Waals surface area contributed by atoms with Crippen LogP contribution in [0, 0.1) is 0 Å². The van der Waals surface area contributed by atoms with Gasteiger partial charge in [-0.15, -0.1) is 0 Å². The number of fused-ring (bicyclic) bond motifs is 1. The second kappa shape index (κ2) is 9.63.